The fourth-order valence-electron chi connectivity index (χ4n) is 3.65. The zero-order chi connectivity index (χ0) is 18.5. The van der Waals surface area contributed by atoms with E-state index < -0.39 is 0 Å². The zero-order valence-corrected chi connectivity index (χ0v) is 19.3. The summed E-state index contributed by atoms with van der Waals surface area (Å²) in [6.07, 6.45) is 5.66. The molecule has 0 N–H and O–H groups in total. The van der Waals surface area contributed by atoms with Gasteiger partial charge in [0, 0.05) is 23.5 Å². The first-order valence-electron chi connectivity index (χ1n) is 9.72. The highest BCUT2D eigenvalue weighted by molar-refractivity contribution is 9.10. The molecule has 0 unspecified atom stereocenters. The molecule has 27 heavy (non-hydrogen) atoms. The number of rotatable bonds is 7. The molecule has 0 bridgehead atoms. The Morgan fingerprint density at radius 1 is 1.19 bits per heavy atom. The van der Waals surface area contributed by atoms with Crippen LogP contribution in [0.3, 0.4) is 0 Å². The molecule has 0 saturated heterocycles. The van der Waals surface area contributed by atoms with Crippen LogP contribution in [0.1, 0.15) is 46.0 Å². The maximum Gasteiger partial charge on any atom is 0.231 e. The van der Waals surface area contributed by atoms with Crippen molar-refractivity contribution in [2.45, 2.75) is 46.0 Å². The third-order valence-corrected chi connectivity index (χ3v) is 6.86. The molecule has 3 rings (SSSR count). The average Bonchev–Trinajstić information content (AvgIpc) is 3.08. The smallest absolute Gasteiger partial charge is 0.231 e. The monoisotopic (exact) mass is 473 g/mol. The third-order valence-electron chi connectivity index (χ3n) is 5.32. The molecule has 1 fully saturated rings. The summed E-state index contributed by atoms with van der Waals surface area (Å²) in [5.41, 5.74) is 0.970. The van der Waals surface area contributed by atoms with E-state index in [2.05, 4.69) is 40.7 Å². The van der Waals surface area contributed by atoms with Crippen LogP contribution in [-0.4, -0.2) is 42.0 Å². The molecule has 150 valence electrons. The van der Waals surface area contributed by atoms with Gasteiger partial charge < -0.3 is 4.90 Å². The van der Waals surface area contributed by atoms with E-state index in [1.54, 1.807) is 11.3 Å². The van der Waals surface area contributed by atoms with Crippen molar-refractivity contribution in [2.75, 3.05) is 31.1 Å². The van der Waals surface area contributed by atoms with Gasteiger partial charge in [0.1, 0.15) is 0 Å². The number of fused-ring (bicyclic) bond motifs is 1. The molecule has 1 aromatic heterocycles. The first-order chi connectivity index (χ1) is 12.6. The molecule has 2 aromatic rings. The minimum Gasteiger partial charge on any atom is -0.302 e. The van der Waals surface area contributed by atoms with Crippen LogP contribution in [0, 0.1) is 5.92 Å². The summed E-state index contributed by atoms with van der Waals surface area (Å²) in [5, 5.41) is 0.848. The summed E-state index contributed by atoms with van der Waals surface area (Å²) in [7, 11) is 0. The zero-order valence-electron chi connectivity index (χ0n) is 16.1. The number of carbonyl (C=O) groups is 1. The van der Waals surface area contributed by atoms with E-state index in [1.807, 2.05) is 17.0 Å². The van der Waals surface area contributed by atoms with E-state index in [0.717, 1.165) is 58.8 Å². The van der Waals surface area contributed by atoms with Crippen LogP contribution in [0.25, 0.3) is 10.2 Å². The maximum absolute atomic E-state index is 13.3. The summed E-state index contributed by atoms with van der Waals surface area (Å²) in [6.45, 7) is 7.98. The Morgan fingerprint density at radius 2 is 1.89 bits per heavy atom. The van der Waals surface area contributed by atoms with Gasteiger partial charge in [-0.3, -0.25) is 9.69 Å². The number of likely N-dealkylation sites (N-methyl/N-ethyl adjacent to an activating group) is 1. The molecular weight excluding hydrogens is 446 g/mol. The lowest BCUT2D eigenvalue weighted by Crippen LogP contribution is -2.42. The molecule has 7 heteroatoms. The summed E-state index contributed by atoms with van der Waals surface area (Å²) in [5.74, 6) is 0.439. The van der Waals surface area contributed by atoms with E-state index >= 15 is 0 Å². The second-order valence-electron chi connectivity index (χ2n) is 6.96. The first-order valence-corrected chi connectivity index (χ1v) is 11.3. The molecule has 1 heterocycles. The van der Waals surface area contributed by atoms with Crippen LogP contribution >= 0.6 is 39.7 Å². The molecule has 0 spiro atoms. The van der Waals surface area contributed by atoms with Crippen LogP contribution in [0.5, 0.6) is 0 Å². The standard InChI is InChI=1S/C20H28BrN3OS.ClH/c1-3-23(4-2)12-13-24(19(25)15-8-6-5-7-9-15)20-22-17-11-10-16(21)14-18(17)26-20;/h10-11,14-15H,3-9,12-13H2,1-2H3;1H. The number of carbonyl (C=O) groups excluding carboxylic acids is 1. The Balaban J connectivity index is 0.00000261. The number of thiazole rings is 1. The number of halogens is 2. The Hall–Kier alpha value is -0.690. The Bertz CT molecular complexity index is 744. The molecular formula is C20H29BrClN3OS. The average molecular weight is 475 g/mol. The van der Waals surface area contributed by atoms with Gasteiger partial charge in [-0.2, -0.15) is 0 Å². The number of nitrogens with zero attached hydrogens (tertiary/aromatic N) is 3. The van der Waals surface area contributed by atoms with Crippen molar-refractivity contribution >= 4 is 60.9 Å². The fraction of sp³-hybridized carbons (Fsp3) is 0.600. The topological polar surface area (TPSA) is 36.4 Å². The number of benzene rings is 1. The van der Waals surface area contributed by atoms with E-state index in [9.17, 15) is 4.79 Å². The second-order valence-corrected chi connectivity index (χ2v) is 8.88. The van der Waals surface area contributed by atoms with Crippen molar-refractivity contribution < 1.29 is 4.79 Å². The van der Waals surface area contributed by atoms with Crippen LogP contribution in [0.15, 0.2) is 22.7 Å². The molecule has 0 aliphatic heterocycles. The van der Waals surface area contributed by atoms with Crippen molar-refractivity contribution in [1.82, 2.24) is 9.88 Å². The molecule has 1 aromatic carbocycles. The van der Waals surface area contributed by atoms with Crippen LogP contribution in [-0.2, 0) is 4.79 Å². The van der Waals surface area contributed by atoms with Crippen molar-refractivity contribution in [3.63, 3.8) is 0 Å². The highest BCUT2D eigenvalue weighted by atomic mass is 79.9. The van der Waals surface area contributed by atoms with E-state index in [0.29, 0.717) is 0 Å². The van der Waals surface area contributed by atoms with Crippen molar-refractivity contribution in [1.29, 1.82) is 0 Å². The van der Waals surface area contributed by atoms with E-state index in [-0.39, 0.29) is 24.2 Å². The lowest BCUT2D eigenvalue weighted by atomic mass is 9.88. The van der Waals surface area contributed by atoms with Gasteiger partial charge in [-0.05, 0) is 44.1 Å². The van der Waals surface area contributed by atoms with Gasteiger partial charge in [-0.1, -0.05) is 60.4 Å². The van der Waals surface area contributed by atoms with E-state index in [4.69, 9.17) is 4.98 Å². The molecule has 0 radical (unpaired) electrons. The quantitative estimate of drug-likeness (QED) is 0.514. The van der Waals surface area contributed by atoms with E-state index in [1.165, 1.54) is 19.3 Å². The minimum absolute atomic E-state index is 0. The summed E-state index contributed by atoms with van der Waals surface area (Å²) in [6, 6.07) is 6.12. The van der Waals surface area contributed by atoms with Gasteiger partial charge in [0.05, 0.1) is 10.2 Å². The van der Waals surface area contributed by atoms with Crippen molar-refractivity contribution in [3.05, 3.63) is 22.7 Å². The largest absolute Gasteiger partial charge is 0.302 e. The predicted octanol–water partition coefficient (Wildman–Crippen LogP) is 5.74. The second kappa shape index (κ2) is 10.7. The van der Waals surface area contributed by atoms with Crippen LogP contribution < -0.4 is 4.90 Å². The van der Waals surface area contributed by atoms with Gasteiger partial charge in [0.2, 0.25) is 5.91 Å². The highest BCUT2D eigenvalue weighted by Crippen LogP contribution is 2.33. The minimum atomic E-state index is 0. The Labute approximate surface area is 180 Å². The third kappa shape index (κ3) is 5.66. The van der Waals surface area contributed by atoms with Crippen molar-refractivity contribution in [3.8, 4) is 0 Å². The molecule has 4 nitrogen and oxygen atoms in total. The van der Waals surface area contributed by atoms with Gasteiger partial charge in [-0.25, -0.2) is 4.98 Å². The summed E-state index contributed by atoms with van der Waals surface area (Å²) in [4.78, 5) is 22.4. The number of aromatic nitrogens is 1. The van der Waals surface area contributed by atoms with Crippen molar-refractivity contribution in [2.24, 2.45) is 5.92 Å². The summed E-state index contributed by atoms with van der Waals surface area (Å²) >= 11 is 5.15. The first kappa shape index (κ1) is 22.6. The molecule has 1 amide bonds. The number of hydrogen-bond acceptors (Lipinski definition) is 4. The van der Waals surface area contributed by atoms with Gasteiger partial charge >= 0.3 is 0 Å². The SMILES string of the molecule is CCN(CC)CCN(C(=O)C1CCCCC1)c1nc2ccc(Br)cc2s1.Cl. The molecule has 1 aliphatic carbocycles. The number of amides is 1. The molecule has 0 atom stereocenters. The molecule has 1 aliphatic rings. The molecule has 1 saturated carbocycles. The highest BCUT2D eigenvalue weighted by Gasteiger charge is 2.28. The van der Waals surface area contributed by atoms with Gasteiger partial charge in [0.15, 0.2) is 5.13 Å². The Morgan fingerprint density at radius 3 is 2.56 bits per heavy atom. The lowest BCUT2D eigenvalue weighted by Gasteiger charge is -2.29. The maximum atomic E-state index is 13.3. The Kier molecular flexibility index (Phi) is 8.99. The van der Waals surface area contributed by atoms with Crippen LogP contribution in [0.4, 0.5) is 5.13 Å². The number of anilines is 1. The summed E-state index contributed by atoms with van der Waals surface area (Å²) < 4.78 is 2.17. The van der Waals surface area contributed by atoms with Gasteiger partial charge in [-0.15, -0.1) is 12.4 Å². The van der Waals surface area contributed by atoms with Crippen LogP contribution in [0.2, 0.25) is 0 Å². The normalized spacial score (nSPS) is 15.1. The number of hydrogen-bond donors (Lipinski definition) is 0. The lowest BCUT2D eigenvalue weighted by molar-refractivity contribution is -0.123. The predicted molar refractivity (Wildman–Crippen MR) is 121 cm³/mol. The van der Waals surface area contributed by atoms with Gasteiger partial charge in [0.25, 0.3) is 0 Å². The fourth-order valence-corrected chi connectivity index (χ4v) is 5.20.